The molecule has 0 amide bonds. The molecule has 2 aliphatic heterocycles. The third-order valence-electron chi connectivity index (χ3n) is 3.55. The van der Waals surface area contributed by atoms with E-state index in [9.17, 15) is 0 Å². The van der Waals surface area contributed by atoms with E-state index in [0.717, 1.165) is 18.2 Å². The van der Waals surface area contributed by atoms with Crippen LogP contribution in [0.15, 0.2) is 0 Å². The van der Waals surface area contributed by atoms with E-state index >= 15 is 0 Å². The van der Waals surface area contributed by atoms with Crippen LogP contribution in [0.25, 0.3) is 0 Å². The Bertz CT molecular complexity index is 262. The van der Waals surface area contributed by atoms with Crippen molar-refractivity contribution in [2.24, 2.45) is 0 Å². The zero-order chi connectivity index (χ0) is 12.5. The minimum atomic E-state index is -0.0318. The summed E-state index contributed by atoms with van der Waals surface area (Å²) in [4.78, 5) is 0. The van der Waals surface area contributed by atoms with Gasteiger partial charge in [0.25, 0.3) is 0 Å². The highest BCUT2D eigenvalue weighted by Gasteiger charge is 2.45. The molecule has 17 heavy (non-hydrogen) atoms. The van der Waals surface area contributed by atoms with Crippen molar-refractivity contribution >= 4 is 23.5 Å². The quantitative estimate of drug-likeness (QED) is 0.854. The van der Waals surface area contributed by atoms with Gasteiger partial charge in [-0.3, -0.25) is 0 Å². The highest BCUT2D eigenvalue weighted by molar-refractivity contribution is 8.06. The van der Waals surface area contributed by atoms with E-state index in [1.54, 1.807) is 0 Å². The van der Waals surface area contributed by atoms with Crippen LogP contribution in [0.3, 0.4) is 0 Å². The maximum absolute atomic E-state index is 6.11. The van der Waals surface area contributed by atoms with Crippen molar-refractivity contribution in [3.05, 3.63) is 0 Å². The average molecular weight is 275 g/mol. The Balaban J connectivity index is 1.82. The van der Waals surface area contributed by atoms with E-state index in [0.29, 0.717) is 6.04 Å². The molecule has 100 valence electrons. The smallest absolute Gasteiger partial charge is 0.0787 e. The molecule has 0 radical (unpaired) electrons. The molecular weight excluding hydrogens is 250 g/mol. The predicted molar refractivity (Wildman–Crippen MR) is 79.2 cm³/mol. The van der Waals surface area contributed by atoms with Crippen molar-refractivity contribution in [1.29, 1.82) is 0 Å². The second-order valence-electron chi connectivity index (χ2n) is 6.20. The Labute approximate surface area is 114 Å². The van der Waals surface area contributed by atoms with Crippen molar-refractivity contribution in [3.63, 3.8) is 0 Å². The molecule has 4 heteroatoms. The van der Waals surface area contributed by atoms with Crippen LogP contribution in [0.1, 0.15) is 34.1 Å². The molecule has 2 saturated heterocycles. The number of thioether (sulfide) groups is 2. The molecule has 0 saturated carbocycles. The largest absolute Gasteiger partial charge is 0.368 e. The minimum absolute atomic E-state index is 0.0234. The van der Waals surface area contributed by atoms with Crippen LogP contribution in [0, 0.1) is 0 Å². The Kier molecular flexibility index (Phi) is 4.39. The molecule has 1 N–H and O–H groups in total. The molecule has 2 atom stereocenters. The van der Waals surface area contributed by atoms with Crippen molar-refractivity contribution in [2.45, 2.75) is 56.6 Å². The predicted octanol–water partition coefficient (Wildman–Crippen LogP) is 2.77. The van der Waals surface area contributed by atoms with Crippen LogP contribution < -0.4 is 5.32 Å². The van der Waals surface area contributed by atoms with E-state index in [-0.39, 0.29) is 11.2 Å². The fraction of sp³-hybridized carbons (Fsp3) is 1.00. The summed E-state index contributed by atoms with van der Waals surface area (Å²) in [5, 5.41) is 4.52. The number of ether oxygens (including phenoxy) is 1. The first-order chi connectivity index (χ1) is 7.89. The van der Waals surface area contributed by atoms with Gasteiger partial charge in [0.05, 0.1) is 11.2 Å². The van der Waals surface area contributed by atoms with Crippen LogP contribution >= 0.6 is 23.5 Å². The maximum atomic E-state index is 6.11. The monoisotopic (exact) mass is 275 g/mol. The molecule has 0 spiro atoms. The summed E-state index contributed by atoms with van der Waals surface area (Å²) in [7, 11) is 0. The lowest BCUT2D eigenvalue weighted by atomic mass is 9.94. The normalized spacial score (nSPS) is 36.0. The van der Waals surface area contributed by atoms with E-state index in [2.05, 4.69) is 56.5 Å². The Morgan fingerprint density at radius 3 is 2.53 bits per heavy atom. The van der Waals surface area contributed by atoms with Crippen molar-refractivity contribution in [2.75, 3.05) is 23.8 Å². The van der Waals surface area contributed by atoms with Gasteiger partial charge in [-0.25, -0.2) is 0 Å². The standard InChI is InChI=1S/C13H25NOS2/c1-12(2)7-11(13(3,4)15-12)14-8-10-9-16-5-6-17-10/h10-11,14H,5-9H2,1-4H3. The topological polar surface area (TPSA) is 21.3 Å². The van der Waals surface area contributed by atoms with Crippen molar-refractivity contribution in [3.8, 4) is 0 Å². The van der Waals surface area contributed by atoms with Crippen LogP contribution in [-0.4, -0.2) is 46.3 Å². The van der Waals surface area contributed by atoms with E-state index in [1.165, 1.54) is 17.3 Å². The minimum Gasteiger partial charge on any atom is -0.368 e. The molecule has 0 aliphatic carbocycles. The highest BCUT2D eigenvalue weighted by atomic mass is 32.2. The fourth-order valence-corrected chi connectivity index (χ4v) is 5.43. The SMILES string of the molecule is CC1(C)CC(NCC2CSCCS2)C(C)(C)O1. The van der Waals surface area contributed by atoms with Gasteiger partial charge < -0.3 is 10.1 Å². The van der Waals surface area contributed by atoms with Gasteiger partial charge >= 0.3 is 0 Å². The number of hydrogen-bond acceptors (Lipinski definition) is 4. The van der Waals surface area contributed by atoms with Crippen molar-refractivity contribution in [1.82, 2.24) is 5.32 Å². The number of hydrogen-bond donors (Lipinski definition) is 1. The molecule has 2 fully saturated rings. The molecule has 2 rings (SSSR count). The molecule has 2 unspecified atom stereocenters. The van der Waals surface area contributed by atoms with Crippen LogP contribution in [0.2, 0.25) is 0 Å². The third-order valence-corrected chi connectivity index (χ3v) is 6.40. The number of rotatable bonds is 3. The summed E-state index contributed by atoms with van der Waals surface area (Å²) < 4.78 is 6.11. The van der Waals surface area contributed by atoms with Crippen LogP contribution in [0.5, 0.6) is 0 Å². The Hall–Kier alpha value is 0.620. The molecule has 0 bridgehead atoms. The molecule has 2 aliphatic rings. The molecule has 2 heterocycles. The summed E-state index contributed by atoms with van der Waals surface area (Å²) in [5.41, 5.74) is -0.00833. The van der Waals surface area contributed by atoms with Crippen LogP contribution in [-0.2, 0) is 4.74 Å². The van der Waals surface area contributed by atoms with Crippen molar-refractivity contribution < 1.29 is 4.74 Å². The van der Waals surface area contributed by atoms with Crippen LogP contribution in [0.4, 0.5) is 0 Å². The summed E-state index contributed by atoms with van der Waals surface area (Å²) in [6.45, 7) is 9.94. The highest BCUT2D eigenvalue weighted by Crippen LogP contribution is 2.37. The summed E-state index contributed by atoms with van der Waals surface area (Å²) in [6.07, 6.45) is 1.12. The lowest BCUT2D eigenvalue weighted by molar-refractivity contribution is -0.0697. The van der Waals surface area contributed by atoms with Gasteiger partial charge in [-0.15, -0.1) is 0 Å². The summed E-state index contributed by atoms with van der Waals surface area (Å²) >= 11 is 4.22. The molecular formula is C13H25NOS2. The van der Waals surface area contributed by atoms with Gasteiger partial charge in [-0.2, -0.15) is 23.5 Å². The zero-order valence-corrected chi connectivity index (χ0v) is 13.0. The maximum Gasteiger partial charge on any atom is 0.0787 e. The molecule has 0 aromatic rings. The van der Waals surface area contributed by atoms with Gasteiger partial charge in [0, 0.05) is 35.1 Å². The van der Waals surface area contributed by atoms with Gasteiger partial charge in [-0.1, -0.05) is 0 Å². The first-order valence-corrected chi connectivity index (χ1v) is 8.72. The average Bonchev–Trinajstić information content (AvgIpc) is 2.45. The Morgan fingerprint density at radius 1 is 1.24 bits per heavy atom. The zero-order valence-electron chi connectivity index (χ0n) is 11.4. The second kappa shape index (κ2) is 5.32. The number of nitrogens with one attached hydrogen (secondary N) is 1. The van der Waals surface area contributed by atoms with E-state index in [4.69, 9.17) is 4.74 Å². The lowest BCUT2D eigenvalue weighted by Gasteiger charge is -2.30. The van der Waals surface area contributed by atoms with Gasteiger partial charge in [0.1, 0.15) is 0 Å². The third kappa shape index (κ3) is 3.79. The summed E-state index contributed by atoms with van der Waals surface area (Å²) in [5.74, 6) is 3.94. The molecule has 0 aromatic heterocycles. The second-order valence-corrected chi connectivity index (χ2v) is 8.76. The first kappa shape index (κ1) is 14.0. The fourth-order valence-electron chi connectivity index (χ4n) is 2.81. The Morgan fingerprint density at radius 2 is 2.00 bits per heavy atom. The molecule has 0 aromatic carbocycles. The van der Waals surface area contributed by atoms with Gasteiger partial charge in [0.15, 0.2) is 0 Å². The molecule has 2 nitrogen and oxygen atoms in total. The van der Waals surface area contributed by atoms with E-state index in [1.807, 2.05) is 0 Å². The van der Waals surface area contributed by atoms with Gasteiger partial charge in [0.2, 0.25) is 0 Å². The summed E-state index contributed by atoms with van der Waals surface area (Å²) in [6, 6.07) is 0.491. The van der Waals surface area contributed by atoms with E-state index < -0.39 is 0 Å². The van der Waals surface area contributed by atoms with Gasteiger partial charge in [-0.05, 0) is 34.1 Å². The first-order valence-electron chi connectivity index (χ1n) is 6.52. The lowest BCUT2D eigenvalue weighted by Crippen LogP contribution is -2.46.